The number of unbranched alkanes of at least 4 members (excludes halogenated alkanes) is 1. The number of ether oxygens (including phenoxy) is 1. The molecule has 1 saturated heterocycles. The third kappa shape index (κ3) is 6.32. The van der Waals surface area contributed by atoms with Crippen LogP contribution in [-0.2, 0) is 14.3 Å². The number of carbonyl (C=O) groups excluding carboxylic acids is 3. The van der Waals surface area contributed by atoms with Crippen molar-refractivity contribution in [1.29, 1.82) is 0 Å². The first-order valence-electron chi connectivity index (χ1n) is 11.4. The molecule has 32 heavy (non-hydrogen) atoms. The summed E-state index contributed by atoms with van der Waals surface area (Å²) in [4.78, 5) is 37.9. The van der Waals surface area contributed by atoms with E-state index in [-0.39, 0.29) is 17.9 Å². The fraction of sp³-hybridized carbons (Fsp3) is 0.542. The van der Waals surface area contributed by atoms with E-state index >= 15 is 0 Å². The quantitative estimate of drug-likeness (QED) is 0.506. The number of benzene rings is 1. The maximum Gasteiger partial charge on any atom is 0.414 e. The molecule has 1 atom stereocenters. The number of carbonyl (C=O) groups is 3. The summed E-state index contributed by atoms with van der Waals surface area (Å²) in [6.07, 6.45) is 2.98. The number of anilines is 1. The summed E-state index contributed by atoms with van der Waals surface area (Å²) in [5, 5.41) is 4.37. The maximum atomic E-state index is 12.6. The smallest absolute Gasteiger partial charge is 0.414 e. The van der Waals surface area contributed by atoms with Crippen LogP contribution >= 0.6 is 0 Å². The molecule has 0 saturated carbocycles. The molecule has 0 aromatic heterocycles. The zero-order valence-corrected chi connectivity index (χ0v) is 19.9. The van der Waals surface area contributed by atoms with Gasteiger partial charge in [-0.3, -0.25) is 14.5 Å². The maximum absolute atomic E-state index is 12.6. The van der Waals surface area contributed by atoms with Crippen molar-refractivity contribution in [3.8, 4) is 0 Å². The Labute approximate surface area is 190 Å². The Morgan fingerprint density at radius 3 is 2.41 bits per heavy atom. The molecule has 0 spiro atoms. The number of nitrogens with zero attached hydrogens (tertiary/aromatic N) is 2. The van der Waals surface area contributed by atoms with E-state index < -0.39 is 6.09 Å². The van der Waals surface area contributed by atoms with E-state index in [1.807, 2.05) is 31.2 Å². The number of nitrogens with one attached hydrogen (secondary N) is 2. The molecule has 3 amide bonds. The highest BCUT2D eigenvalue weighted by molar-refractivity contribution is 5.91. The molecule has 8 heteroatoms. The first-order chi connectivity index (χ1) is 15.4. The van der Waals surface area contributed by atoms with Crippen molar-refractivity contribution in [1.82, 2.24) is 15.8 Å². The molecular weight excluding hydrogens is 408 g/mol. The summed E-state index contributed by atoms with van der Waals surface area (Å²) in [6, 6.07) is 7.57. The van der Waals surface area contributed by atoms with Gasteiger partial charge in [0.05, 0.1) is 18.8 Å². The molecule has 1 aliphatic heterocycles. The molecule has 1 unspecified atom stereocenters. The molecule has 0 aliphatic carbocycles. The Bertz CT molecular complexity index is 835. The molecule has 1 aliphatic rings. The number of allylic oxidation sites excluding steroid dienone is 1. The lowest BCUT2D eigenvalue weighted by atomic mass is 10.0. The van der Waals surface area contributed by atoms with Gasteiger partial charge in [-0.25, -0.2) is 15.2 Å². The Hall–Kier alpha value is -2.87. The second-order valence-electron chi connectivity index (χ2n) is 7.86. The van der Waals surface area contributed by atoms with E-state index in [2.05, 4.69) is 24.6 Å². The van der Waals surface area contributed by atoms with E-state index in [0.717, 1.165) is 36.1 Å². The third-order valence-electron chi connectivity index (χ3n) is 5.48. The molecule has 2 N–H and O–H groups in total. The number of hydrogen-bond acceptors (Lipinski definition) is 5. The largest absolute Gasteiger partial charge is 0.442 e. The van der Waals surface area contributed by atoms with E-state index in [1.165, 1.54) is 0 Å². The third-order valence-corrected chi connectivity index (χ3v) is 5.48. The minimum absolute atomic E-state index is 0.0116. The predicted molar refractivity (Wildman–Crippen MR) is 126 cm³/mol. The first kappa shape index (κ1) is 25.4. The van der Waals surface area contributed by atoms with E-state index in [4.69, 9.17) is 4.74 Å². The molecule has 1 heterocycles. The van der Waals surface area contributed by atoms with Crippen molar-refractivity contribution in [3.05, 3.63) is 35.4 Å². The van der Waals surface area contributed by atoms with E-state index in [1.54, 1.807) is 23.9 Å². The summed E-state index contributed by atoms with van der Waals surface area (Å²) in [6.45, 7) is 8.49. The van der Waals surface area contributed by atoms with E-state index in [0.29, 0.717) is 31.6 Å². The van der Waals surface area contributed by atoms with Gasteiger partial charge in [-0.2, -0.15) is 0 Å². The number of hydrogen-bond donors (Lipinski definition) is 2. The fourth-order valence-electron chi connectivity index (χ4n) is 3.64. The average Bonchev–Trinajstić information content (AvgIpc) is 3.19. The van der Waals surface area contributed by atoms with Crippen LogP contribution in [-0.4, -0.2) is 49.2 Å². The molecule has 1 aromatic carbocycles. The Morgan fingerprint density at radius 1 is 1.16 bits per heavy atom. The minimum atomic E-state index is -0.429. The number of amides is 3. The van der Waals surface area contributed by atoms with Crippen LogP contribution in [0.2, 0.25) is 0 Å². The number of cyclic esters (lactones) is 1. The second kappa shape index (κ2) is 12.2. The van der Waals surface area contributed by atoms with Gasteiger partial charge in [0.15, 0.2) is 0 Å². The van der Waals surface area contributed by atoms with Crippen LogP contribution in [0.4, 0.5) is 10.5 Å². The Kier molecular flexibility index (Phi) is 9.71. The van der Waals surface area contributed by atoms with Crippen LogP contribution in [0.5, 0.6) is 0 Å². The number of rotatable bonds is 11. The van der Waals surface area contributed by atoms with Crippen LogP contribution in [0.25, 0.3) is 5.70 Å². The monoisotopic (exact) mass is 444 g/mol. The van der Waals surface area contributed by atoms with Gasteiger partial charge in [0.2, 0.25) is 11.8 Å². The second-order valence-corrected chi connectivity index (χ2v) is 7.86. The fourth-order valence-corrected chi connectivity index (χ4v) is 3.64. The zero-order valence-electron chi connectivity index (χ0n) is 19.9. The standard InChI is InChI=1S/C24H36N4O4/c1-6-9-10-17(4)23(28(25-5)22(30)8-3)18-11-13-19(14-12-18)27-16-20(32-24(27)31)15-26-21(29)7-2/h11-14,20,25H,6-10,15-16H2,1-5H3,(H,26,29)/b23-17+. The lowest BCUT2D eigenvalue weighted by Crippen LogP contribution is -2.39. The van der Waals surface area contributed by atoms with Crippen LogP contribution in [0.3, 0.4) is 0 Å². The molecular formula is C24H36N4O4. The van der Waals surface area contributed by atoms with Gasteiger partial charge in [0.1, 0.15) is 6.10 Å². The van der Waals surface area contributed by atoms with Gasteiger partial charge >= 0.3 is 6.09 Å². The van der Waals surface area contributed by atoms with Gasteiger partial charge in [-0.1, -0.05) is 39.3 Å². The SMILES string of the molecule is CCCC/C(C)=C(\c1ccc(N2CC(CNC(=O)CC)OC2=O)cc1)N(NC)C(=O)CC. The molecule has 1 aromatic rings. The van der Waals surface area contributed by atoms with Crippen molar-refractivity contribution in [2.24, 2.45) is 0 Å². The van der Waals surface area contributed by atoms with Crippen molar-refractivity contribution in [3.63, 3.8) is 0 Å². The van der Waals surface area contributed by atoms with Gasteiger partial charge in [0, 0.05) is 25.6 Å². The summed E-state index contributed by atoms with van der Waals surface area (Å²) in [5.74, 6) is -0.0835. The lowest BCUT2D eigenvalue weighted by Gasteiger charge is -2.27. The van der Waals surface area contributed by atoms with Crippen molar-refractivity contribution < 1.29 is 19.1 Å². The Balaban J connectivity index is 2.24. The van der Waals surface area contributed by atoms with Gasteiger partial charge in [-0.05, 0) is 43.0 Å². The van der Waals surface area contributed by atoms with Crippen molar-refractivity contribution in [2.45, 2.75) is 65.9 Å². The lowest BCUT2D eigenvalue weighted by molar-refractivity contribution is -0.129. The zero-order chi connectivity index (χ0) is 23.7. The Morgan fingerprint density at radius 2 is 1.84 bits per heavy atom. The van der Waals surface area contributed by atoms with E-state index in [9.17, 15) is 14.4 Å². The molecule has 0 radical (unpaired) electrons. The average molecular weight is 445 g/mol. The highest BCUT2D eigenvalue weighted by atomic mass is 16.6. The normalized spacial score (nSPS) is 16.5. The summed E-state index contributed by atoms with van der Waals surface area (Å²) in [7, 11) is 1.74. The van der Waals surface area contributed by atoms with Gasteiger partial charge < -0.3 is 10.1 Å². The number of hydrazine groups is 1. The predicted octanol–water partition coefficient (Wildman–Crippen LogP) is 3.83. The minimum Gasteiger partial charge on any atom is -0.442 e. The highest BCUT2D eigenvalue weighted by Crippen LogP contribution is 2.29. The molecule has 176 valence electrons. The van der Waals surface area contributed by atoms with Crippen LogP contribution in [0, 0.1) is 0 Å². The summed E-state index contributed by atoms with van der Waals surface area (Å²) < 4.78 is 5.39. The topological polar surface area (TPSA) is 91.0 Å². The highest BCUT2D eigenvalue weighted by Gasteiger charge is 2.32. The summed E-state index contributed by atoms with van der Waals surface area (Å²) in [5.41, 5.74) is 6.62. The molecule has 0 bridgehead atoms. The summed E-state index contributed by atoms with van der Waals surface area (Å²) >= 11 is 0. The van der Waals surface area contributed by atoms with Gasteiger partial charge in [0.25, 0.3) is 0 Å². The molecule has 8 nitrogen and oxygen atoms in total. The molecule has 1 fully saturated rings. The van der Waals surface area contributed by atoms with Crippen molar-refractivity contribution >= 4 is 29.3 Å². The first-order valence-corrected chi connectivity index (χ1v) is 11.4. The van der Waals surface area contributed by atoms with Crippen LogP contribution in [0.1, 0.15) is 65.4 Å². The molecule has 2 rings (SSSR count). The van der Waals surface area contributed by atoms with Crippen LogP contribution < -0.4 is 15.6 Å². The van der Waals surface area contributed by atoms with Gasteiger partial charge in [-0.15, -0.1) is 0 Å². The van der Waals surface area contributed by atoms with Crippen LogP contribution in [0.15, 0.2) is 29.8 Å². The van der Waals surface area contributed by atoms with Crippen molar-refractivity contribution in [2.75, 3.05) is 25.0 Å².